The second-order valence-corrected chi connectivity index (χ2v) is 6.53. The molecule has 1 aromatic rings. The van der Waals surface area contributed by atoms with Crippen LogP contribution in [0.3, 0.4) is 0 Å². The van der Waals surface area contributed by atoms with Gasteiger partial charge in [-0.2, -0.15) is 4.31 Å². The van der Waals surface area contributed by atoms with Gasteiger partial charge in [0.2, 0.25) is 10.0 Å². The van der Waals surface area contributed by atoms with Gasteiger partial charge < -0.3 is 9.84 Å². The lowest BCUT2D eigenvalue weighted by Crippen LogP contribution is -2.41. The Morgan fingerprint density at radius 1 is 1.30 bits per heavy atom. The van der Waals surface area contributed by atoms with Gasteiger partial charge in [0.25, 0.3) is 0 Å². The van der Waals surface area contributed by atoms with Gasteiger partial charge in [0.1, 0.15) is 10.7 Å². The molecule has 1 aliphatic heterocycles. The molecule has 0 unspecified atom stereocenters. The SMILES string of the molecule is O=S(=O)(c1ccccc1F)N1CCC(OCCO)CC1. The van der Waals surface area contributed by atoms with Crippen molar-refractivity contribution in [1.29, 1.82) is 0 Å². The van der Waals surface area contributed by atoms with Gasteiger partial charge in [-0.15, -0.1) is 0 Å². The molecule has 1 aromatic carbocycles. The zero-order chi connectivity index (χ0) is 14.6. The van der Waals surface area contributed by atoms with Crippen molar-refractivity contribution in [1.82, 2.24) is 4.31 Å². The van der Waals surface area contributed by atoms with Crippen LogP contribution in [0.15, 0.2) is 29.2 Å². The quantitative estimate of drug-likeness (QED) is 0.881. The molecule has 1 heterocycles. The summed E-state index contributed by atoms with van der Waals surface area (Å²) in [6, 6.07) is 5.39. The lowest BCUT2D eigenvalue weighted by atomic mass is 10.1. The summed E-state index contributed by atoms with van der Waals surface area (Å²) < 4.78 is 45.0. The fourth-order valence-electron chi connectivity index (χ4n) is 2.25. The fraction of sp³-hybridized carbons (Fsp3) is 0.538. The topological polar surface area (TPSA) is 66.8 Å². The Morgan fingerprint density at radius 3 is 2.55 bits per heavy atom. The van der Waals surface area contributed by atoms with Gasteiger partial charge in [0, 0.05) is 13.1 Å². The smallest absolute Gasteiger partial charge is 0.245 e. The highest BCUT2D eigenvalue weighted by Crippen LogP contribution is 2.23. The van der Waals surface area contributed by atoms with E-state index in [-0.39, 0.29) is 24.2 Å². The van der Waals surface area contributed by atoms with Crippen LogP contribution in [0.2, 0.25) is 0 Å². The summed E-state index contributed by atoms with van der Waals surface area (Å²) in [5, 5.41) is 8.68. The van der Waals surface area contributed by atoms with Crippen molar-refractivity contribution in [2.45, 2.75) is 23.8 Å². The summed E-state index contributed by atoms with van der Waals surface area (Å²) in [6.07, 6.45) is 1.05. The highest BCUT2D eigenvalue weighted by molar-refractivity contribution is 7.89. The molecule has 0 saturated carbocycles. The Kier molecular flexibility index (Phi) is 5.09. The number of halogens is 1. The van der Waals surface area contributed by atoms with E-state index in [1.165, 1.54) is 22.5 Å². The van der Waals surface area contributed by atoms with Gasteiger partial charge in [-0.05, 0) is 25.0 Å². The van der Waals surface area contributed by atoms with Gasteiger partial charge >= 0.3 is 0 Å². The summed E-state index contributed by atoms with van der Waals surface area (Å²) >= 11 is 0. The Balaban J connectivity index is 2.04. The first-order valence-corrected chi connectivity index (χ1v) is 7.97. The van der Waals surface area contributed by atoms with Crippen LogP contribution in [-0.4, -0.2) is 50.2 Å². The van der Waals surface area contributed by atoms with E-state index in [9.17, 15) is 12.8 Å². The highest BCUT2D eigenvalue weighted by atomic mass is 32.2. The number of nitrogens with zero attached hydrogens (tertiary/aromatic N) is 1. The average molecular weight is 303 g/mol. The van der Waals surface area contributed by atoms with Crippen molar-refractivity contribution < 1.29 is 22.7 Å². The number of benzene rings is 1. The molecule has 5 nitrogen and oxygen atoms in total. The predicted molar refractivity (Wildman–Crippen MR) is 71.2 cm³/mol. The molecule has 1 fully saturated rings. The number of hydrogen-bond donors (Lipinski definition) is 1. The molecule has 0 aromatic heterocycles. The Morgan fingerprint density at radius 2 is 1.95 bits per heavy atom. The molecule has 0 atom stereocenters. The zero-order valence-corrected chi connectivity index (χ0v) is 11.9. The van der Waals surface area contributed by atoms with Crippen LogP contribution in [-0.2, 0) is 14.8 Å². The van der Waals surface area contributed by atoms with Crippen LogP contribution in [0.25, 0.3) is 0 Å². The Hall–Kier alpha value is -1.02. The van der Waals surface area contributed by atoms with E-state index in [0.29, 0.717) is 25.9 Å². The summed E-state index contributed by atoms with van der Waals surface area (Å²) in [6.45, 7) is 0.804. The van der Waals surface area contributed by atoms with Crippen molar-refractivity contribution in [2.24, 2.45) is 0 Å². The number of hydrogen-bond acceptors (Lipinski definition) is 4. The van der Waals surface area contributed by atoms with E-state index in [4.69, 9.17) is 9.84 Å². The Labute approximate surface area is 118 Å². The number of ether oxygens (including phenoxy) is 1. The van der Waals surface area contributed by atoms with E-state index in [0.717, 1.165) is 6.07 Å². The summed E-state index contributed by atoms with van der Waals surface area (Å²) in [7, 11) is -3.78. The van der Waals surface area contributed by atoms with E-state index < -0.39 is 15.8 Å². The van der Waals surface area contributed by atoms with Gasteiger partial charge in [-0.25, -0.2) is 12.8 Å². The zero-order valence-electron chi connectivity index (χ0n) is 11.0. The largest absolute Gasteiger partial charge is 0.394 e. The maximum Gasteiger partial charge on any atom is 0.245 e. The summed E-state index contributed by atoms with van der Waals surface area (Å²) in [5.41, 5.74) is 0. The molecule has 0 bridgehead atoms. The number of aliphatic hydroxyl groups is 1. The van der Waals surface area contributed by atoms with Crippen LogP contribution in [0.4, 0.5) is 4.39 Å². The van der Waals surface area contributed by atoms with Crippen LogP contribution in [0.1, 0.15) is 12.8 Å². The van der Waals surface area contributed by atoms with Gasteiger partial charge in [0.05, 0.1) is 19.3 Å². The molecule has 1 aliphatic rings. The standard InChI is InChI=1S/C13H18FNO4S/c14-12-3-1-2-4-13(12)20(17,18)15-7-5-11(6-8-15)19-10-9-16/h1-4,11,16H,5-10H2. The third-order valence-electron chi connectivity index (χ3n) is 3.30. The molecule has 0 amide bonds. The van der Waals surface area contributed by atoms with Crippen LogP contribution in [0, 0.1) is 5.82 Å². The van der Waals surface area contributed by atoms with E-state index in [1.54, 1.807) is 0 Å². The lowest BCUT2D eigenvalue weighted by Gasteiger charge is -2.31. The molecule has 2 rings (SSSR count). The second kappa shape index (κ2) is 6.62. The molecular weight excluding hydrogens is 285 g/mol. The number of piperidine rings is 1. The molecule has 0 radical (unpaired) electrons. The number of sulfonamides is 1. The third kappa shape index (κ3) is 3.35. The van der Waals surface area contributed by atoms with E-state index in [1.807, 2.05) is 0 Å². The molecule has 1 N–H and O–H groups in total. The first-order valence-electron chi connectivity index (χ1n) is 6.53. The molecular formula is C13H18FNO4S. The van der Waals surface area contributed by atoms with Crippen molar-refractivity contribution in [2.75, 3.05) is 26.3 Å². The van der Waals surface area contributed by atoms with Crippen molar-refractivity contribution in [3.05, 3.63) is 30.1 Å². The number of rotatable bonds is 5. The fourth-order valence-corrected chi connectivity index (χ4v) is 3.79. The monoisotopic (exact) mass is 303 g/mol. The first kappa shape index (κ1) is 15.4. The van der Waals surface area contributed by atoms with Crippen LogP contribution in [0.5, 0.6) is 0 Å². The third-order valence-corrected chi connectivity index (χ3v) is 5.23. The molecule has 112 valence electrons. The summed E-state index contributed by atoms with van der Waals surface area (Å²) in [4.78, 5) is -0.283. The maximum absolute atomic E-state index is 13.6. The predicted octanol–water partition coefficient (Wildman–Crippen LogP) is 0.988. The van der Waals surface area contributed by atoms with Crippen molar-refractivity contribution >= 4 is 10.0 Å². The van der Waals surface area contributed by atoms with E-state index in [2.05, 4.69) is 0 Å². The maximum atomic E-state index is 13.6. The number of aliphatic hydroxyl groups excluding tert-OH is 1. The van der Waals surface area contributed by atoms with Gasteiger partial charge in [-0.1, -0.05) is 12.1 Å². The molecule has 7 heteroatoms. The minimum Gasteiger partial charge on any atom is -0.394 e. The van der Waals surface area contributed by atoms with Crippen LogP contribution < -0.4 is 0 Å². The normalized spacial score (nSPS) is 18.3. The Bertz CT molecular complexity index is 541. The van der Waals surface area contributed by atoms with Crippen LogP contribution >= 0.6 is 0 Å². The highest BCUT2D eigenvalue weighted by Gasteiger charge is 2.31. The minimum atomic E-state index is -3.78. The average Bonchev–Trinajstić information content (AvgIpc) is 2.46. The second-order valence-electron chi connectivity index (χ2n) is 4.63. The first-order chi connectivity index (χ1) is 9.55. The lowest BCUT2D eigenvalue weighted by molar-refractivity contribution is 0.00317. The molecule has 0 aliphatic carbocycles. The molecule has 0 spiro atoms. The minimum absolute atomic E-state index is 0.0470. The van der Waals surface area contributed by atoms with Crippen molar-refractivity contribution in [3.63, 3.8) is 0 Å². The van der Waals surface area contributed by atoms with Crippen molar-refractivity contribution in [3.8, 4) is 0 Å². The molecule has 20 heavy (non-hydrogen) atoms. The van der Waals surface area contributed by atoms with E-state index >= 15 is 0 Å². The van der Waals surface area contributed by atoms with Gasteiger partial charge in [0.15, 0.2) is 0 Å². The van der Waals surface area contributed by atoms with Gasteiger partial charge in [-0.3, -0.25) is 0 Å². The summed E-state index contributed by atoms with van der Waals surface area (Å²) in [5.74, 6) is -0.730. The molecule has 1 saturated heterocycles.